The van der Waals surface area contributed by atoms with Crippen molar-refractivity contribution in [3.63, 3.8) is 0 Å². The zero-order valence-electron chi connectivity index (χ0n) is 12.7. The Labute approximate surface area is 150 Å². The van der Waals surface area contributed by atoms with Crippen LogP contribution in [0.3, 0.4) is 0 Å². The van der Waals surface area contributed by atoms with Crippen LogP contribution in [0.1, 0.15) is 31.7 Å². The van der Waals surface area contributed by atoms with Gasteiger partial charge in [-0.3, -0.25) is 9.59 Å². The molecule has 23 heavy (non-hydrogen) atoms. The number of carbonyl (C=O) groups excluding carboxylic acids is 2. The molecule has 0 unspecified atom stereocenters. The lowest BCUT2D eigenvalue weighted by Crippen LogP contribution is -2.39. The maximum absolute atomic E-state index is 11.7. The molecule has 0 aliphatic carbocycles. The average molecular weight is 377 g/mol. The second-order valence-electron chi connectivity index (χ2n) is 4.69. The first kappa shape index (κ1) is 19.7. The Morgan fingerprint density at radius 2 is 2.00 bits per heavy atom. The molecule has 0 saturated carbocycles. The van der Waals surface area contributed by atoms with Crippen molar-refractivity contribution in [1.29, 1.82) is 0 Å². The van der Waals surface area contributed by atoms with E-state index in [0.717, 1.165) is 12.0 Å². The molecule has 0 fully saturated rings. The monoisotopic (exact) mass is 376 g/mol. The van der Waals surface area contributed by atoms with E-state index in [9.17, 15) is 9.59 Å². The highest BCUT2D eigenvalue weighted by Crippen LogP contribution is 2.20. The van der Waals surface area contributed by atoms with Gasteiger partial charge < -0.3 is 15.4 Å². The summed E-state index contributed by atoms with van der Waals surface area (Å²) in [5.74, 6) is -0.744. The largest absolute Gasteiger partial charge is 0.466 e. The summed E-state index contributed by atoms with van der Waals surface area (Å²) >= 11 is 16.9. The zero-order valence-corrected chi connectivity index (χ0v) is 15.0. The smallest absolute Gasteiger partial charge is 0.306 e. The molecular formula is C15H18Cl2N2O3S. The van der Waals surface area contributed by atoms with E-state index in [1.54, 1.807) is 18.2 Å². The van der Waals surface area contributed by atoms with Gasteiger partial charge in [-0.2, -0.15) is 0 Å². The summed E-state index contributed by atoms with van der Waals surface area (Å²) < 4.78 is 4.88. The van der Waals surface area contributed by atoms with Gasteiger partial charge in [0.05, 0.1) is 13.0 Å². The zero-order chi connectivity index (χ0) is 17.2. The number of rotatable bonds is 7. The Hall–Kier alpha value is -1.37. The molecule has 1 rings (SSSR count). The van der Waals surface area contributed by atoms with Crippen molar-refractivity contribution in [3.8, 4) is 0 Å². The van der Waals surface area contributed by atoms with Crippen LogP contribution in [0.2, 0.25) is 10.0 Å². The Balaban J connectivity index is 2.30. The van der Waals surface area contributed by atoms with Crippen molar-refractivity contribution < 1.29 is 14.3 Å². The molecule has 0 heterocycles. The Kier molecular flexibility index (Phi) is 8.91. The molecule has 1 aromatic rings. The topological polar surface area (TPSA) is 67.4 Å². The number of benzene rings is 1. The van der Waals surface area contributed by atoms with Crippen molar-refractivity contribution in [2.45, 2.75) is 32.7 Å². The van der Waals surface area contributed by atoms with Crippen LogP contribution in [0, 0.1) is 0 Å². The Morgan fingerprint density at radius 3 is 2.65 bits per heavy atom. The molecule has 1 aromatic carbocycles. The maximum atomic E-state index is 11.7. The number of nitrogens with one attached hydrogen (secondary N) is 2. The van der Waals surface area contributed by atoms with Gasteiger partial charge in [0.25, 0.3) is 0 Å². The molecule has 2 N–H and O–H groups in total. The van der Waals surface area contributed by atoms with Gasteiger partial charge in [0.2, 0.25) is 5.91 Å². The number of esters is 1. The summed E-state index contributed by atoms with van der Waals surface area (Å²) in [4.78, 5) is 23.0. The molecular weight excluding hydrogens is 359 g/mol. The minimum Gasteiger partial charge on any atom is -0.466 e. The first-order valence-corrected chi connectivity index (χ1v) is 8.26. The normalized spacial score (nSPS) is 10.0. The fourth-order valence-electron chi connectivity index (χ4n) is 1.58. The minimum absolute atomic E-state index is 0.0199. The van der Waals surface area contributed by atoms with Gasteiger partial charge in [-0.15, -0.1) is 0 Å². The molecule has 5 nitrogen and oxygen atoms in total. The molecule has 1 amide bonds. The van der Waals surface area contributed by atoms with Crippen LogP contribution in [-0.4, -0.2) is 23.6 Å². The molecule has 0 aromatic heterocycles. The van der Waals surface area contributed by atoms with Crippen molar-refractivity contribution in [2.24, 2.45) is 0 Å². The molecule has 0 aliphatic rings. The summed E-state index contributed by atoms with van der Waals surface area (Å²) in [5, 5.41) is 6.59. The molecule has 0 saturated heterocycles. The molecule has 0 spiro atoms. The number of hydrogen-bond donors (Lipinski definition) is 2. The standard InChI is InChI=1S/C15H18Cl2N2O3S/c1-2-7-22-14(21)6-5-13(20)19-15(23)18-9-10-3-4-11(16)8-12(10)17/h3-4,8H,2,5-7,9H2,1H3,(H2,18,19,20,23). The number of hydrogen-bond acceptors (Lipinski definition) is 4. The lowest BCUT2D eigenvalue weighted by atomic mass is 10.2. The van der Waals surface area contributed by atoms with Crippen LogP contribution < -0.4 is 10.6 Å². The van der Waals surface area contributed by atoms with E-state index in [2.05, 4.69) is 10.6 Å². The predicted molar refractivity (Wildman–Crippen MR) is 94.5 cm³/mol. The van der Waals surface area contributed by atoms with E-state index < -0.39 is 5.97 Å². The number of halogens is 2. The van der Waals surface area contributed by atoms with Crippen LogP contribution in [0.15, 0.2) is 18.2 Å². The van der Waals surface area contributed by atoms with Gasteiger partial charge >= 0.3 is 5.97 Å². The quantitative estimate of drug-likeness (QED) is 0.564. The molecule has 0 aliphatic heterocycles. The number of thiocarbonyl (C=S) groups is 1. The van der Waals surface area contributed by atoms with Gasteiger partial charge in [0.1, 0.15) is 0 Å². The van der Waals surface area contributed by atoms with E-state index in [1.807, 2.05) is 6.92 Å². The molecule has 0 bridgehead atoms. The van der Waals surface area contributed by atoms with Gasteiger partial charge in [-0.05, 0) is 36.3 Å². The van der Waals surface area contributed by atoms with E-state index in [1.165, 1.54) is 0 Å². The first-order valence-electron chi connectivity index (χ1n) is 7.09. The minimum atomic E-state index is -0.395. The summed E-state index contributed by atoms with van der Waals surface area (Å²) in [5.41, 5.74) is 0.802. The third-order valence-corrected chi connectivity index (χ3v) is 3.56. The van der Waals surface area contributed by atoms with Gasteiger partial charge in [-0.25, -0.2) is 0 Å². The van der Waals surface area contributed by atoms with Crippen LogP contribution in [0.4, 0.5) is 0 Å². The maximum Gasteiger partial charge on any atom is 0.306 e. The number of amides is 1. The van der Waals surface area contributed by atoms with Crippen LogP contribution in [0.25, 0.3) is 0 Å². The second kappa shape index (κ2) is 10.4. The number of carbonyl (C=O) groups is 2. The lowest BCUT2D eigenvalue weighted by Gasteiger charge is -2.10. The number of ether oxygens (including phenoxy) is 1. The van der Waals surface area contributed by atoms with Gasteiger partial charge in [-0.1, -0.05) is 36.2 Å². The van der Waals surface area contributed by atoms with Crippen LogP contribution in [0.5, 0.6) is 0 Å². The average Bonchev–Trinajstić information content (AvgIpc) is 2.50. The Morgan fingerprint density at radius 1 is 1.26 bits per heavy atom. The SMILES string of the molecule is CCCOC(=O)CCC(=O)NC(=S)NCc1ccc(Cl)cc1Cl. The van der Waals surface area contributed by atoms with Crippen LogP contribution >= 0.6 is 35.4 Å². The van der Waals surface area contributed by atoms with Crippen molar-refractivity contribution in [3.05, 3.63) is 33.8 Å². The van der Waals surface area contributed by atoms with Crippen molar-refractivity contribution >= 4 is 52.4 Å². The van der Waals surface area contributed by atoms with E-state index in [0.29, 0.717) is 23.2 Å². The van der Waals surface area contributed by atoms with Crippen molar-refractivity contribution in [1.82, 2.24) is 10.6 Å². The summed E-state index contributed by atoms with van der Waals surface area (Å²) in [7, 11) is 0. The second-order valence-corrected chi connectivity index (χ2v) is 5.94. The van der Waals surface area contributed by atoms with Crippen molar-refractivity contribution in [2.75, 3.05) is 6.61 Å². The third-order valence-electron chi connectivity index (χ3n) is 2.73. The molecule has 0 atom stereocenters. The molecule has 8 heteroatoms. The molecule has 0 radical (unpaired) electrons. The fourth-order valence-corrected chi connectivity index (χ4v) is 2.24. The Bertz CT molecular complexity index is 582. The van der Waals surface area contributed by atoms with Gasteiger partial charge in [0.15, 0.2) is 5.11 Å². The lowest BCUT2D eigenvalue weighted by molar-refractivity contribution is -0.144. The summed E-state index contributed by atoms with van der Waals surface area (Å²) in [6.45, 7) is 2.62. The predicted octanol–water partition coefficient (Wildman–Crippen LogP) is 3.22. The van der Waals surface area contributed by atoms with Gasteiger partial charge in [0, 0.05) is 23.0 Å². The summed E-state index contributed by atoms with van der Waals surface area (Å²) in [6, 6.07) is 5.11. The highest BCUT2D eigenvalue weighted by molar-refractivity contribution is 7.80. The first-order chi connectivity index (χ1) is 10.9. The highest BCUT2D eigenvalue weighted by atomic mass is 35.5. The van der Waals surface area contributed by atoms with Crippen LogP contribution in [-0.2, 0) is 20.9 Å². The fraction of sp³-hybridized carbons (Fsp3) is 0.400. The summed E-state index contributed by atoms with van der Waals surface area (Å²) in [6.07, 6.45) is 0.794. The highest BCUT2D eigenvalue weighted by Gasteiger charge is 2.09. The third kappa shape index (κ3) is 8.16. The molecule has 126 valence electrons. The van der Waals surface area contributed by atoms with E-state index in [-0.39, 0.29) is 23.9 Å². The van der Waals surface area contributed by atoms with E-state index in [4.69, 9.17) is 40.2 Å². The van der Waals surface area contributed by atoms with E-state index >= 15 is 0 Å².